The molecule has 0 saturated carbocycles. The average Bonchev–Trinajstić information content (AvgIpc) is 3.18. The van der Waals surface area contributed by atoms with Crippen LogP contribution >= 0.6 is 0 Å². The molecule has 2 atom stereocenters. The van der Waals surface area contributed by atoms with Gasteiger partial charge in [0.1, 0.15) is 11.6 Å². The maximum atomic E-state index is 13.0. The van der Waals surface area contributed by atoms with Crippen molar-refractivity contribution in [1.82, 2.24) is 9.97 Å². The van der Waals surface area contributed by atoms with E-state index in [1.807, 2.05) is 18.2 Å². The first-order valence-corrected chi connectivity index (χ1v) is 8.95. The fourth-order valence-electron chi connectivity index (χ4n) is 3.18. The monoisotopic (exact) mass is 365 g/mol. The summed E-state index contributed by atoms with van der Waals surface area (Å²) in [5, 5.41) is 3.28. The number of nitrogens with one attached hydrogen (secondary N) is 1. The summed E-state index contributed by atoms with van der Waals surface area (Å²) in [5.74, 6) is 1.46. The largest absolute Gasteiger partial charge is 0.439 e. The summed E-state index contributed by atoms with van der Waals surface area (Å²) < 4.78 is 24.6. The van der Waals surface area contributed by atoms with Crippen molar-refractivity contribution in [2.24, 2.45) is 5.92 Å². The zero-order chi connectivity index (χ0) is 18.5. The van der Waals surface area contributed by atoms with Gasteiger partial charge in [-0.05, 0) is 36.2 Å². The van der Waals surface area contributed by atoms with Crippen LogP contribution in [0.2, 0.25) is 0 Å². The standard InChI is InChI=1S/C21H20FN3O2/c22-17-6-8-18(9-7-17)27-19-10-12-23-21(25-19)24-14-16-11-13-26-20(16)15-4-2-1-3-5-15/h1-10,12,16,20H,11,13-14H2,(H,23,24,25). The lowest BCUT2D eigenvalue weighted by Crippen LogP contribution is -2.19. The summed E-state index contributed by atoms with van der Waals surface area (Å²) in [6, 6.07) is 17.7. The van der Waals surface area contributed by atoms with Crippen molar-refractivity contribution in [2.75, 3.05) is 18.5 Å². The molecular weight excluding hydrogens is 345 g/mol. The molecule has 2 unspecified atom stereocenters. The third-order valence-electron chi connectivity index (χ3n) is 4.53. The van der Waals surface area contributed by atoms with Crippen molar-refractivity contribution in [1.29, 1.82) is 0 Å². The predicted octanol–water partition coefficient (Wildman–Crippen LogP) is 4.60. The fourth-order valence-corrected chi connectivity index (χ4v) is 3.18. The van der Waals surface area contributed by atoms with Crippen molar-refractivity contribution in [3.8, 4) is 11.6 Å². The summed E-state index contributed by atoms with van der Waals surface area (Å²) in [6.07, 6.45) is 2.70. The van der Waals surface area contributed by atoms with E-state index in [4.69, 9.17) is 9.47 Å². The van der Waals surface area contributed by atoms with Gasteiger partial charge in [0.25, 0.3) is 0 Å². The van der Waals surface area contributed by atoms with Gasteiger partial charge >= 0.3 is 0 Å². The van der Waals surface area contributed by atoms with Crippen LogP contribution in [0, 0.1) is 11.7 Å². The van der Waals surface area contributed by atoms with Gasteiger partial charge in [-0.25, -0.2) is 9.37 Å². The van der Waals surface area contributed by atoms with Crippen molar-refractivity contribution >= 4 is 5.95 Å². The minimum atomic E-state index is -0.306. The molecule has 4 rings (SSSR count). The SMILES string of the molecule is Fc1ccc(Oc2ccnc(NCC3CCOC3c3ccccc3)n2)cc1. The molecule has 2 aromatic carbocycles. The van der Waals surface area contributed by atoms with Gasteiger partial charge < -0.3 is 14.8 Å². The molecule has 138 valence electrons. The summed E-state index contributed by atoms with van der Waals surface area (Å²) in [4.78, 5) is 8.62. The van der Waals surface area contributed by atoms with Crippen LogP contribution < -0.4 is 10.1 Å². The highest BCUT2D eigenvalue weighted by molar-refractivity contribution is 5.32. The molecule has 1 aliphatic rings. The molecule has 5 nitrogen and oxygen atoms in total. The van der Waals surface area contributed by atoms with Gasteiger partial charge in [0, 0.05) is 31.3 Å². The van der Waals surface area contributed by atoms with E-state index < -0.39 is 0 Å². The normalized spacial score (nSPS) is 19.0. The summed E-state index contributed by atoms with van der Waals surface area (Å²) in [7, 11) is 0. The number of anilines is 1. The summed E-state index contributed by atoms with van der Waals surface area (Å²) >= 11 is 0. The van der Waals surface area contributed by atoms with Gasteiger partial charge in [-0.2, -0.15) is 4.98 Å². The van der Waals surface area contributed by atoms with E-state index in [9.17, 15) is 4.39 Å². The lowest BCUT2D eigenvalue weighted by molar-refractivity contribution is 0.0933. The molecule has 1 aromatic heterocycles. The third kappa shape index (κ3) is 4.41. The highest BCUT2D eigenvalue weighted by Gasteiger charge is 2.29. The Morgan fingerprint density at radius 3 is 2.70 bits per heavy atom. The Labute approximate surface area is 157 Å². The van der Waals surface area contributed by atoms with Crippen LogP contribution in [0.25, 0.3) is 0 Å². The first-order chi connectivity index (χ1) is 13.3. The number of aromatic nitrogens is 2. The van der Waals surface area contributed by atoms with Crippen molar-refractivity contribution < 1.29 is 13.9 Å². The minimum Gasteiger partial charge on any atom is -0.439 e. The zero-order valence-corrected chi connectivity index (χ0v) is 14.7. The number of nitrogens with zero attached hydrogens (tertiary/aromatic N) is 2. The molecule has 27 heavy (non-hydrogen) atoms. The Balaban J connectivity index is 1.39. The van der Waals surface area contributed by atoms with Crippen LogP contribution in [0.3, 0.4) is 0 Å². The Bertz CT molecular complexity index is 874. The van der Waals surface area contributed by atoms with Crippen LogP contribution in [0.5, 0.6) is 11.6 Å². The molecule has 2 heterocycles. The zero-order valence-electron chi connectivity index (χ0n) is 14.7. The van der Waals surface area contributed by atoms with Gasteiger partial charge in [0.15, 0.2) is 0 Å². The second kappa shape index (κ2) is 8.14. The number of rotatable bonds is 6. The third-order valence-corrected chi connectivity index (χ3v) is 4.53. The molecule has 1 N–H and O–H groups in total. The van der Waals surface area contributed by atoms with Gasteiger partial charge in [-0.3, -0.25) is 0 Å². The number of ether oxygens (including phenoxy) is 2. The first-order valence-electron chi connectivity index (χ1n) is 8.95. The van der Waals surface area contributed by atoms with E-state index in [1.165, 1.54) is 17.7 Å². The quantitative estimate of drug-likeness (QED) is 0.692. The van der Waals surface area contributed by atoms with Crippen molar-refractivity contribution in [3.05, 3.63) is 78.2 Å². The first kappa shape index (κ1) is 17.4. The molecule has 1 aliphatic heterocycles. The van der Waals surface area contributed by atoms with E-state index in [0.717, 1.165) is 13.0 Å². The molecule has 1 saturated heterocycles. The summed E-state index contributed by atoms with van der Waals surface area (Å²) in [6.45, 7) is 1.46. The van der Waals surface area contributed by atoms with E-state index in [-0.39, 0.29) is 11.9 Å². The van der Waals surface area contributed by atoms with Crippen LogP contribution in [0.15, 0.2) is 66.9 Å². The lowest BCUT2D eigenvalue weighted by atomic mass is 9.95. The number of halogens is 1. The molecule has 1 fully saturated rings. The Morgan fingerprint density at radius 1 is 1.07 bits per heavy atom. The Morgan fingerprint density at radius 2 is 1.89 bits per heavy atom. The van der Waals surface area contributed by atoms with Gasteiger partial charge in [0.2, 0.25) is 11.8 Å². The topological polar surface area (TPSA) is 56.3 Å². The van der Waals surface area contributed by atoms with Gasteiger partial charge in [0.05, 0.1) is 6.10 Å². The second-order valence-electron chi connectivity index (χ2n) is 6.41. The minimum absolute atomic E-state index is 0.0809. The summed E-state index contributed by atoms with van der Waals surface area (Å²) in [5.41, 5.74) is 1.19. The van der Waals surface area contributed by atoms with E-state index >= 15 is 0 Å². The molecule has 0 radical (unpaired) electrons. The Kier molecular flexibility index (Phi) is 5.25. The van der Waals surface area contributed by atoms with Crippen molar-refractivity contribution in [3.63, 3.8) is 0 Å². The molecule has 3 aromatic rings. The molecule has 0 aliphatic carbocycles. The predicted molar refractivity (Wildman–Crippen MR) is 100 cm³/mol. The number of hydrogen-bond donors (Lipinski definition) is 1. The van der Waals surface area contributed by atoms with Gasteiger partial charge in [-0.15, -0.1) is 0 Å². The van der Waals surface area contributed by atoms with Crippen LogP contribution in [0.4, 0.5) is 10.3 Å². The molecule has 0 amide bonds. The maximum absolute atomic E-state index is 13.0. The maximum Gasteiger partial charge on any atom is 0.225 e. The van der Waals surface area contributed by atoms with Crippen LogP contribution in [-0.2, 0) is 4.74 Å². The molecule has 6 heteroatoms. The highest BCUT2D eigenvalue weighted by Crippen LogP contribution is 2.34. The Hall–Kier alpha value is -2.99. The van der Waals surface area contributed by atoms with Crippen LogP contribution in [-0.4, -0.2) is 23.1 Å². The second-order valence-corrected chi connectivity index (χ2v) is 6.41. The number of hydrogen-bond acceptors (Lipinski definition) is 5. The van der Waals surface area contributed by atoms with E-state index in [1.54, 1.807) is 24.4 Å². The lowest BCUT2D eigenvalue weighted by Gasteiger charge is -2.19. The fraction of sp³-hybridized carbons (Fsp3) is 0.238. The van der Waals surface area contributed by atoms with Gasteiger partial charge in [-0.1, -0.05) is 30.3 Å². The smallest absolute Gasteiger partial charge is 0.225 e. The van der Waals surface area contributed by atoms with E-state index in [0.29, 0.717) is 30.0 Å². The van der Waals surface area contributed by atoms with E-state index in [2.05, 4.69) is 27.4 Å². The van der Waals surface area contributed by atoms with Crippen molar-refractivity contribution in [2.45, 2.75) is 12.5 Å². The molecular formula is C21H20FN3O2. The average molecular weight is 365 g/mol. The highest BCUT2D eigenvalue weighted by atomic mass is 19.1. The molecule has 0 spiro atoms. The molecule has 0 bridgehead atoms. The van der Waals surface area contributed by atoms with Crippen LogP contribution in [0.1, 0.15) is 18.1 Å². The number of benzene rings is 2.